The van der Waals surface area contributed by atoms with Crippen LogP contribution in [0.15, 0.2) is 12.1 Å². The number of rotatable bonds is 3. The predicted octanol–water partition coefficient (Wildman–Crippen LogP) is 1.60. The summed E-state index contributed by atoms with van der Waals surface area (Å²) in [6.45, 7) is -0.0237. The highest BCUT2D eigenvalue weighted by atomic mass is 19.1. The third-order valence-electron chi connectivity index (χ3n) is 1.70. The first-order valence-corrected chi connectivity index (χ1v) is 3.93. The molecule has 1 aromatic rings. The zero-order chi connectivity index (χ0) is 9.84. The molecule has 2 nitrogen and oxygen atoms in total. The van der Waals surface area contributed by atoms with Crippen molar-refractivity contribution in [2.75, 3.05) is 6.61 Å². The van der Waals surface area contributed by atoms with E-state index in [0.29, 0.717) is 18.4 Å². The summed E-state index contributed by atoms with van der Waals surface area (Å²) in [6.07, 6.45) is 0.842. The molecule has 13 heavy (non-hydrogen) atoms. The lowest BCUT2D eigenvalue weighted by Crippen LogP contribution is -1.92. The van der Waals surface area contributed by atoms with Crippen LogP contribution in [0.2, 0.25) is 0 Å². The molecule has 0 saturated carbocycles. The van der Waals surface area contributed by atoms with E-state index in [4.69, 9.17) is 10.2 Å². The van der Waals surface area contributed by atoms with E-state index in [0.717, 1.165) is 12.1 Å². The molecule has 0 heterocycles. The van der Waals surface area contributed by atoms with E-state index in [2.05, 4.69) is 0 Å². The SMILES string of the molecule is OCCCc1cc(F)c(O)c(F)c1. The fourth-order valence-electron chi connectivity index (χ4n) is 1.05. The lowest BCUT2D eigenvalue weighted by Gasteiger charge is -2.02. The smallest absolute Gasteiger partial charge is 0.187 e. The Bertz CT molecular complexity index is 277. The molecule has 0 atom stereocenters. The first-order chi connectivity index (χ1) is 6.15. The molecule has 0 fully saturated rings. The molecule has 1 rings (SSSR count). The zero-order valence-corrected chi connectivity index (χ0v) is 6.93. The van der Waals surface area contributed by atoms with Crippen molar-refractivity contribution < 1.29 is 19.0 Å². The monoisotopic (exact) mass is 188 g/mol. The fraction of sp³-hybridized carbons (Fsp3) is 0.333. The Hall–Kier alpha value is -1.16. The predicted molar refractivity (Wildman–Crippen MR) is 43.4 cm³/mol. The third kappa shape index (κ3) is 2.39. The van der Waals surface area contributed by atoms with Crippen LogP contribution in [0.4, 0.5) is 8.78 Å². The van der Waals surface area contributed by atoms with Crippen LogP contribution >= 0.6 is 0 Å². The highest BCUT2D eigenvalue weighted by Gasteiger charge is 2.08. The number of phenols is 1. The second kappa shape index (κ2) is 4.18. The standard InChI is InChI=1S/C9H10F2O2/c10-7-4-6(2-1-3-12)5-8(11)9(7)13/h4-5,12-13H,1-3H2. The van der Waals surface area contributed by atoms with E-state index < -0.39 is 17.4 Å². The molecule has 1 aromatic carbocycles. The van der Waals surface area contributed by atoms with Gasteiger partial charge < -0.3 is 10.2 Å². The Kier molecular flexibility index (Phi) is 3.19. The van der Waals surface area contributed by atoms with Crippen molar-refractivity contribution in [3.05, 3.63) is 29.3 Å². The largest absolute Gasteiger partial charge is 0.503 e. The number of aryl methyl sites for hydroxylation is 1. The molecular weight excluding hydrogens is 178 g/mol. The highest BCUT2D eigenvalue weighted by molar-refractivity contribution is 5.30. The highest BCUT2D eigenvalue weighted by Crippen LogP contribution is 2.21. The van der Waals surface area contributed by atoms with Crippen LogP contribution in [0, 0.1) is 11.6 Å². The van der Waals surface area contributed by atoms with Gasteiger partial charge in [-0.05, 0) is 30.5 Å². The lowest BCUT2D eigenvalue weighted by atomic mass is 10.1. The number of aromatic hydroxyl groups is 1. The van der Waals surface area contributed by atoms with E-state index >= 15 is 0 Å². The van der Waals surface area contributed by atoms with Gasteiger partial charge in [-0.2, -0.15) is 0 Å². The summed E-state index contributed by atoms with van der Waals surface area (Å²) in [5.41, 5.74) is 0.432. The van der Waals surface area contributed by atoms with Gasteiger partial charge in [-0.1, -0.05) is 0 Å². The van der Waals surface area contributed by atoms with Crippen molar-refractivity contribution in [1.29, 1.82) is 0 Å². The second-order valence-electron chi connectivity index (χ2n) is 2.74. The Morgan fingerprint density at radius 1 is 1.15 bits per heavy atom. The van der Waals surface area contributed by atoms with Gasteiger partial charge in [-0.25, -0.2) is 8.78 Å². The van der Waals surface area contributed by atoms with Crippen LogP contribution in [0.5, 0.6) is 5.75 Å². The summed E-state index contributed by atoms with van der Waals surface area (Å²) >= 11 is 0. The molecule has 72 valence electrons. The average Bonchev–Trinajstić information content (AvgIpc) is 2.10. The number of halogens is 2. The quantitative estimate of drug-likeness (QED) is 0.756. The van der Waals surface area contributed by atoms with Gasteiger partial charge in [0.15, 0.2) is 17.4 Å². The van der Waals surface area contributed by atoms with Crippen molar-refractivity contribution in [3.8, 4) is 5.75 Å². The van der Waals surface area contributed by atoms with Crippen LogP contribution in [-0.4, -0.2) is 16.8 Å². The molecular formula is C9H10F2O2. The van der Waals surface area contributed by atoms with E-state index in [1.54, 1.807) is 0 Å². The van der Waals surface area contributed by atoms with Gasteiger partial charge in [0.05, 0.1) is 0 Å². The number of aliphatic hydroxyl groups excluding tert-OH is 1. The Labute approximate surface area is 74.4 Å². The normalized spacial score (nSPS) is 10.4. The number of hydrogen-bond donors (Lipinski definition) is 2. The van der Waals surface area contributed by atoms with Crippen LogP contribution in [0.3, 0.4) is 0 Å². The molecule has 0 aliphatic carbocycles. The van der Waals surface area contributed by atoms with Crippen molar-refractivity contribution in [3.63, 3.8) is 0 Å². The summed E-state index contributed by atoms with van der Waals surface area (Å²) in [7, 11) is 0. The molecule has 0 saturated heterocycles. The van der Waals surface area contributed by atoms with E-state index in [-0.39, 0.29) is 6.61 Å². The summed E-state index contributed by atoms with van der Waals surface area (Å²) < 4.78 is 25.4. The van der Waals surface area contributed by atoms with Crippen LogP contribution in [0.1, 0.15) is 12.0 Å². The number of hydrogen-bond acceptors (Lipinski definition) is 2. The van der Waals surface area contributed by atoms with Crippen molar-refractivity contribution in [2.45, 2.75) is 12.8 Å². The molecule has 0 bridgehead atoms. The van der Waals surface area contributed by atoms with Crippen molar-refractivity contribution >= 4 is 0 Å². The first-order valence-electron chi connectivity index (χ1n) is 3.93. The molecule has 0 aliphatic rings. The Morgan fingerprint density at radius 3 is 2.15 bits per heavy atom. The van der Waals surface area contributed by atoms with E-state index in [1.165, 1.54) is 0 Å². The van der Waals surface area contributed by atoms with Crippen molar-refractivity contribution in [1.82, 2.24) is 0 Å². The molecule has 0 radical (unpaired) electrons. The molecule has 0 aromatic heterocycles. The molecule has 2 N–H and O–H groups in total. The van der Waals surface area contributed by atoms with Gasteiger partial charge in [-0.15, -0.1) is 0 Å². The van der Waals surface area contributed by atoms with Gasteiger partial charge in [0.1, 0.15) is 0 Å². The Balaban J connectivity index is 2.86. The van der Waals surface area contributed by atoms with Crippen LogP contribution in [-0.2, 0) is 6.42 Å². The lowest BCUT2D eigenvalue weighted by molar-refractivity contribution is 0.288. The minimum atomic E-state index is -0.965. The van der Waals surface area contributed by atoms with E-state index in [9.17, 15) is 8.78 Å². The van der Waals surface area contributed by atoms with Crippen LogP contribution < -0.4 is 0 Å². The number of phenolic OH excluding ortho intramolecular Hbond substituents is 1. The van der Waals surface area contributed by atoms with Gasteiger partial charge >= 0.3 is 0 Å². The maximum atomic E-state index is 12.7. The van der Waals surface area contributed by atoms with E-state index in [1.807, 2.05) is 0 Å². The maximum Gasteiger partial charge on any atom is 0.187 e. The first kappa shape index (κ1) is 9.92. The Morgan fingerprint density at radius 2 is 1.69 bits per heavy atom. The van der Waals surface area contributed by atoms with Gasteiger partial charge in [0, 0.05) is 6.61 Å². The zero-order valence-electron chi connectivity index (χ0n) is 6.93. The topological polar surface area (TPSA) is 40.5 Å². The average molecular weight is 188 g/mol. The summed E-state index contributed by atoms with van der Waals surface area (Å²) in [5, 5.41) is 17.2. The van der Waals surface area contributed by atoms with Gasteiger partial charge in [0.2, 0.25) is 0 Å². The fourth-order valence-corrected chi connectivity index (χ4v) is 1.05. The third-order valence-corrected chi connectivity index (χ3v) is 1.70. The summed E-state index contributed by atoms with van der Waals surface area (Å²) in [4.78, 5) is 0. The van der Waals surface area contributed by atoms with Gasteiger partial charge in [0.25, 0.3) is 0 Å². The molecule has 4 heteroatoms. The maximum absolute atomic E-state index is 12.7. The van der Waals surface area contributed by atoms with Crippen molar-refractivity contribution in [2.24, 2.45) is 0 Å². The molecule has 0 spiro atoms. The number of benzene rings is 1. The van der Waals surface area contributed by atoms with Gasteiger partial charge in [-0.3, -0.25) is 0 Å². The molecule has 0 amide bonds. The van der Waals surface area contributed by atoms with Crippen LogP contribution in [0.25, 0.3) is 0 Å². The minimum Gasteiger partial charge on any atom is -0.503 e. The second-order valence-corrected chi connectivity index (χ2v) is 2.74. The summed E-state index contributed by atoms with van der Waals surface area (Å²) in [5.74, 6) is -2.88. The molecule has 0 unspecified atom stereocenters. The summed E-state index contributed by atoms with van der Waals surface area (Å²) in [6, 6.07) is 2.13. The minimum absolute atomic E-state index is 0.0237. The number of aliphatic hydroxyl groups is 1. The molecule has 0 aliphatic heterocycles.